The van der Waals surface area contributed by atoms with Gasteiger partial charge in [0.25, 0.3) is 0 Å². The van der Waals surface area contributed by atoms with Crippen LogP contribution in [0.25, 0.3) is 0 Å². The number of aliphatic hydroxyl groups excluding tert-OH is 1. The number of aliphatic hydroxyl groups is 1. The lowest BCUT2D eigenvalue weighted by Gasteiger charge is -2.25. The summed E-state index contributed by atoms with van der Waals surface area (Å²) in [6.45, 7) is 3.66. The van der Waals surface area contributed by atoms with E-state index in [4.69, 9.17) is 9.47 Å². The lowest BCUT2D eigenvalue weighted by Crippen LogP contribution is -2.25. The number of carbonyl (C=O) groups is 1. The van der Waals surface area contributed by atoms with Crippen LogP contribution in [0, 0.1) is 0 Å². The van der Waals surface area contributed by atoms with Gasteiger partial charge in [0.15, 0.2) is 0 Å². The molecule has 0 aromatic heterocycles. The van der Waals surface area contributed by atoms with Gasteiger partial charge in [-0.3, -0.25) is 4.79 Å². The van der Waals surface area contributed by atoms with Crippen molar-refractivity contribution in [2.75, 3.05) is 7.11 Å². The highest BCUT2D eigenvalue weighted by Crippen LogP contribution is 2.26. The van der Waals surface area contributed by atoms with Gasteiger partial charge in [0.1, 0.15) is 18.0 Å². The Kier molecular flexibility index (Phi) is 13.8. The molecule has 0 radical (unpaired) electrons. The number of hydrogen-bond donors (Lipinski definition) is 1. The number of rotatable bonds is 16. The molecule has 1 aliphatic rings. The molecule has 2 unspecified atom stereocenters. The van der Waals surface area contributed by atoms with Crippen LogP contribution in [-0.4, -0.2) is 30.4 Å². The zero-order chi connectivity index (χ0) is 20.6. The summed E-state index contributed by atoms with van der Waals surface area (Å²) >= 11 is 0. The van der Waals surface area contributed by atoms with Crippen LogP contribution in [0.3, 0.4) is 0 Å². The molecular formula is C24H42O4. The largest absolute Gasteiger partial charge is 0.498 e. The fourth-order valence-electron chi connectivity index (χ4n) is 3.79. The summed E-state index contributed by atoms with van der Waals surface area (Å²) in [6, 6.07) is 0. The first-order chi connectivity index (χ1) is 13.6. The summed E-state index contributed by atoms with van der Waals surface area (Å²) in [5.74, 6) is 0.142. The first kappa shape index (κ1) is 24.7. The average Bonchev–Trinajstić information content (AvgIpc) is 2.67. The lowest BCUT2D eigenvalue weighted by molar-refractivity contribution is -0.142. The van der Waals surface area contributed by atoms with Gasteiger partial charge in [-0.2, -0.15) is 0 Å². The van der Waals surface area contributed by atoms with Crippen LogP contribution < -0.4 is 0 Å². The predicted octanol–water partition coefficient (Wildman–Crippen LogP) is 6.23. The smallest absolute Gasteiger partial charge is 0.303 e. The lowest BCUT2D eigenvalue weighted by atomic mass is 9.94. The number of carbonyl (C=O) groups excluding carboxylic acids is 1. The Bertz CT molecular complexity index is 481. The molecule has 28 heavy (non-hydrogen) atoms. The van der Waals surface area contributed by atoms with Gasteiger partial charge in [-0.15, -0.1) is 0 Å². The fourth-order valence-corrected chi connectivity index (χ4v) is 3.79. The second kappa shape index (κ2) is 15.6. The molecule has 0 aromatic carbocycles. The Morgan fingerprint density at radius 3 is 1.86 bits per heavy atom. The summed E-state index contributed by atoms with van der Waals surface area (Å²) in [6.07, 6.45) is 20.4. The van der Waals surface area contributed by atoms with Gasteiger partial charge in [-0.25, -0.2) is 0 Å². The van der Waals surface area contributed by atoms with Crippen LogP contribution in [0.1, 0.15) is 104 Å². The fraction of sp³-hybridized carbons (Fsp3) is 0.792. The molecule has 1 rings (SSSR count). The molecule has 0 fully saturated rings. The molecule has 2 atom stereocenters. The van der Waals surface area contributed by atoms with Gasteiger partial charge in [0, 0.05) is 13.0 Å². The Morgan fingerprint density at radius 2 is 1.39 bits per heavy atom. The van der Waals surface area contributed by atoms with Crippen molar-refractivity contribution in [3.05, 3.63) is 23.5 Å². The molecule has 0 aliphatic heterocycles. The highest BCUT2D eigenvalue weighted by atomic mass is 16.5. The first-order valence-corrected chi connectivity index (χ1v) is 11.4. The second-order valence-electron chi connectivity index (χ2n) is 7.98. The summed E-state index contributed by atoms with van der Waals surface area (Å²) in [7, 11) is 1.54. The molecule has 0 heterocycles. The van der Waals surface area contributed by atoms with E-state index < -0.39 is 12.2 Å². The third kappa shape index (κ3) is 10.9. The van der Waals surface area contributed by atoms with Crippen LogP contribution in [0.5, 0.6) is 0 Å². The van der Waals surface area contributed by atoms with Gasteiger partial charge in [-0.05, 0) is 24.5 Å². The normalized spacial score (nSPS) is 19.1. The van der Waals surface area contributed by atoms with Gasteiger partial charge in [-0.1, -0.05) is 84.0 Å². The molecule has 4 heteroatoms. The summed E-state index contributed by atoms with van der Waals surface area (Å²) < 4.78 is 10.5. The minimum atomic E-state index is -0.714. The summed E-state index contributed by atoms with van der Waals surface area (Å²) in [4.78, 5) is 11.2. The Balaban J connectivity index is 2.10. The van der Waals surface area contributed by atoms with E-state index in [2.05, 4.69) is 6.92 Å². The monoisotopic (exact) mass is 394 g/mol. The van der Waals surface area contributed by atoms with Crippen LogP contribution in [0.2, 0.25) is 0 Å². The summed E-state index contributed by atoms with van der Waals surface area (Å²) in [5.41, 5.74) is 0.897. The molecule has 1 N–H and O–H groups in total. The third-order valence-corrected chi connectivity index (χ3v) is 5.43. The van der Waals surface area contributed by atoms with E-state index in [0.717, 1.165) is 18.4 Å². The quantitative estimate of drug-likeness (QED) is 0.191. The molecule has 0 aromatic rings. The minimum Gasteiger partial charge on any atom is -0.498 e. The predicted molar refractivity (Wildman–Crippen MR) is 115 cm³/mol. The number of hydrogen-bond acceptors (Lipinski definition) is 4. The standard InChI is InChI=1S/C24H42O4/c1-4-5-6-7-8-9-10-11-12-13-14-15-16-17-21-18-22(28-20(2)25)19-23(27-3)24(21)26/h18-19,22,24,26H,4-17H2,1-3H3. The molecular weight excluding hydrogens is 352 g/mol. The van der Waals surface area contributed by atoms with Crippen molar-refractivity contribution < 1.29 is 19.4 Å². The van der Waals surface area contributed by atoms with Gasteiger partial charge < -0.3 is 14.6 Å². The van der Waals surface area contributed by atoms with Crippen molar-refractivity contribution in [3.8, 4) is 0 Å². The molecule has 4 nitrogen and oxygen atoms in total. The van der Waals surface area contributed by atoms with E-state index in [1.54, 1.807) is 6.08 Å². The molecule has 0 amide bonds. The van der Waals surface area contributed by atoms with E-state index in [-0.39, 0.29) is 5.97 Å². The average molecular weight is 395 g/mol. The van der Waals surface area contributed by atoms with Crippen molar-refractivity contribution in [1.29, 1.82) is 0 Å². The van der Waals surface area contributed by atoms with Crippen LogP contribution >= 0.6 is 0 Å². The maximum Gasteiger partial charge on any atom is 0.303 e. The zero-order valence-electron chi connectivity index (χ0n) is 18.4. The second-order valence-corrected chi connectivity index (χ2v) is 7.98. The van der Waals surface area contributed by atoms with Gasteiger partial charge in [0.05, 0.1) is 7.11 Å². The third-order valence-electron chi connectivity index (χ3n) is 5.43. The Hall–Kier alpha value is -1.29. The van der Waals surface area contributed by atoms with E-state index >= 15 is 0 Å². The van der Waals surface area contributed by atoms with E-state index in [9.17, 15) is 9.90 Å². The molecule has 0 spiro atoms. The number of ether oxygens (including phenoxy) is 2. The van der Waals surface area contributed by atoms with Crippen molar-refractivity contribution in [3.63, 3.8) is 0 Å². The maximum atomic E-state index is 11.2. The van der Waals surface area contributed by atoms with Crippen LogP contribution in [0.4, 0.5) is 0 Å². The van der Waals surface area contributed by atoms with Gasteiger partial charge in [0.2, 0.25) is 0 Å². The molecule has 0 bridgehead atoms. The Morgan fingerprint density at radius 1 is 0.893 bits per heavy atom. The summed E-state index contributed by atoms with van der Waals surface area (Å²) in [5, 5.41) is 10.4. The van der Waals surface area contributed by atoms with Gasteiger partial charge >= 0.3 is 5.97 Å². The van der Waals surface area contributed by atoms with Crippen molar-refractivity contribution in [2.45, 2.75) is 116 Å². The maximum absolute atomic E-state index is 11.2. The number of unbranched alkanes of at least 4 members (excludes halogenated alkanes) is 12. The molecule has 1 aliphatic carbocycles. The molecule has 162 valence electrons. The molecule has 0 saturated carbocycles. The highest BCUT2D eigenvalue weighted by Gasteiger charge is 2.25. The van der Waals surface area contributed by atoms with Crippen molar-refractivity contribution in [2.24, 2.45) is 0 Å². The Labute approximate surface area is 172 Å². The van der Waals surface area contributed by atoms with E-state index in [1.165, 1.54) is 91.1 Å². The topological polar surface area (TPSA) is 55.8 Å². The first-order valence-electron chi connectivity index (χ1n) is 11.4. The van der Waals surface area contributed by atoms with Crippen molar-refractivity contribution in [1.82, 2.24) is 0 Å². The number of methoxy groups -OCH3 is 1. The van der Waals surface area contributed by atoms with E-state index in [0.29, 0.717) is 5.76 Å². The SMILES string of the molecule is CCCCCCCCCCCCCCCC1=CC(OC(C)=O)C=C(OC)C1O. The highest BCUT2D eigenvalue weighted by molar-refractivity contribution is 5.66. The zero-order valence-corrected chi connectivity index (χ0v) is 18.4. The number of esters is 1. The van der Waals surface area contributed by atoms with Crippen molar-refractivity contribution >= 4 is 5.97 Å². The van der Waals surface area contributed by atoms with Crippen LogP contribution in [0.15, 0.2) is 23.5 Å². The minimum absolute atomic E-state index is 0.329. The molecule has 0 saturated heterocycles. The van der Waals surface area contributed by atoms with Crippen LogP contribution in [-0.2, 0) is 14.3 Å². The van der Waals surface area contributed by atoms with E-state index in [1.807, 2.05) is 6.08 Å².